The monoisotopic (exact) mass is 399 g/mol. The van der Waals surface area contributed by atoms with Crippen molar-refractivity contribution in [3.8, 4) is 0 Å². The summed E-state index contributed by atoms with van der Waals surface area (Å²) in [5.74, 6) is -1.61. The highest BCUT2D eigenvalue weighted by Gasteiger charge is 2.40. The first-order chi connectivity index (χ1) is 12.1. The average molecular weight is 400 g/mol. The fraction of sp³-hybridized carbons (Fsp3) is 0.211. The molecule has 2 atom stereocenters. The van der Waals surface area contributed by atoms with Crippen LogP contribution in [0.1, 0.15) is 24.0 Å². The number of halogens is 1. The SMILES string of the molecule is C/C(=N\NC(=O)[C@H]1C(=O)NC[C@@H]1c1ccccc1)c1cccc(Br)c1. The number of hydrogen-bond acceptors (Lipinski definition) is 3. The van der Waals surface area contributed by atoms with E-state index in [9.17, 15) is 9.59 Å². The van der Waals surface area contributed by atoms with Crippen LogP contribution in [0.5, 0.6) is 0 Å². The Morgan fingerprint density at radius 2 is 1.96 bits per heavy atom. The zero-order chi connectivity index (χ0) is 17.8. The summed E-state index contributed by atoms with van der Waals surface area (Å²) in [4.78, 5) is 24.7. The molecule has 0 aromatic heterocycles. The number of carbonyl (C=O) groups is 2. The molecule has 0 bridgehead atoms. The fourth-order valence-corrected chi connectivity index (χ4v) is 3.32. The lowest BCUT2D eigenvalue weighted by Crippen LogP contribution is -2.35. The number of nitrogens with zero attached hydrogens (tertiary/aromatic N) is 1. The smallest absolute Gasteiger partial charge is 0.253 e. The molecule has 2 N–H and O–H groups in total. The summed E-state index contributed by atoms with van der Waals surface area (Å²) in [5.41, 5.74) is 5.08. The molecule has 25 heavy (non-hydrogen) atoms. The maximum atomic E-state index is 12.6. The van der Waals surface area contributed by atoms with E-state index < -0.39 is 11.8 Å². The second-order valence-electron chi connectivity index (χ2n) is 5.92. The first-order valence-electron chi connectivity index (χ1n) is 7.99. The van der Waals surface area contributed by atoms with Crippen molar-refractivity contribution in [2.45, 2.75) is 12.8 Å². The van der Waals surface area contributed by atoms with E-state index in [1.807, 2.05) is 61.5 Å². The van der Waals surface area contributed by atoms with Crippen molar-refractivity contribution in [1.82, 2.24) is 10.7 Å². The number of hydrazone groups is 1. The van der Waals surface area contributed by atoms with E-state index in [4.69, 9.17) is 0 Å². The predicted molar refractivity (Wildman–Crippen MR) is 100 cm³/mol. The molecule has 0 spiro atoms. The largest absolute Gasteiger partial charge is 0.355 e. The Balaban J connectivity index is 1.75. The van der Waals surface area contributed by atoms with Crippen LogP contribution in [0.2, 0.25) is 0 Å². The molecule has 3 rings (SSSR count). The van der Waals surface area contributed by atoms with Gasteiger partial charge in [0.2, 0.25) is 5.91 Å². The second-order valence-corrected chi connectivity index (χ2v) is 6.84. The summed E-state index contributed by atoms with van der Waals surface area (Å²) >= 11 is 3.41. The lowest BCUT2D eigenvalue weighted by atomic mass is 9.88. The van der Waals surface area contributed by atoms with Gasteiger partial charge in [0.05, 0.1) is 5.71 Å². The molecule has 0 aliphatic carbocycles. The van der Waals surface area contributed by atoms with Gasteiger partial charge in [-0.2, -0.15) is 5.10 Å². The van der Waals surface area contributed by atoms with Gasteiger partial charge in [0.15, 0.2) is 0 Å². The molecule has 0 unspecified atom stereocenters. The van der Waals surface area contributed by atoms with Crippen LogP contribution < -0.4 is 10.7 Å². The van der Waals surface area contributed by atoms with Crippen molar-refractivity contribution in [2.24, 2.45) is 11.0 Å². The van der Waals surface area contributed by atoms with E-state index in [1.54, 1.807) is 0 Å². The van der Waals surface area contributed by atoms with Gasteiger partial charge in [0.1, 0.15) is 5.92 Å². The van der Waals surface area contributed by atoms with Crippen molar-refractivity contribution in [2.75, 3.05) is 6.54 Å². The maximum Gasteiger partial charge on any atom is 0.253 e. The number of hydrogen-bond donors (Lipinski definition) is 2. The molecule has 1 aliphatic heterocycles. The van der Waals surface area contributed by atoms with E-state index in [-0.39, 0.29) is 11.8 Å². The molecule has 6 heteroatoms. The van der Waals surface area contributed by atoms with E-state index in [0.717, 1.165) is 15.6 Å². The summed E-state index contributed by atoms with van der Waals surface area (Å²) in [7, 11) is 0. The number of nitrogens with one attached hydrogen (secondary N) is 2. The molecular weight excluding hydrogens is 382 g/mol. The highest BCUT2D eigenvalue weighted by atomic mass is 79.9. The minimum atomic E-state index is -0.776. The fourth-order valence-electron chi connectivity index (χ4n) is 2.92. The Labute approximate surface area is 154 Å². The van der Waals surface area contributed by atoms with Crippen LogP contribution in [-0.2, 0) is 9.59 Å². The van der Waals surface area contributed by atoms with Crippen molar-refractivity contribution in [3.05, 3.63) is 70.2 Å². The first-order valence-corrected chi connectivity index (χ1v) is 8.78. The van der Waals surface area contributed by atoms with Gasteiger partial charge in [-0.1, -0.05) is 58.4 Å². The Morgan fingerprint density at radius 1 is 1.20 bits per heavy atom. The highest BCUT2D eigenvalue weighted by Crippen LogP contribution is 2.29. The Bertz CT molecular complexity index is 820. The van der Waals surface area contributed by atoms with Gasteiger partial charge in [-0.25, -0.2) is 5.43 Å². The van der Waals surface area contributed by atoms with Gasteiger partial charge < -0.3 is 5.32 Å². The normalized spacial score (nSPS) is 20.2. The number of rotatable bonds is 4. The van der Waals surface area contributed by atoms with E-state index in [2.05, 4.69) is 31.8 Å². The maximum absolute atomic E-state index is 12.6. The Hall–Kier alpha value is -2.47. The molecule has 1 fully saturated rings. The zero-order valence-electron chi connectivity index (χ0n) is 13.7. The molecular formula is C19H18BrN3O2. The summed E-state index contributed by atoms with van der Waals surface area (Å²) < 4.78 is 0.935. The minimum Gasteiger partial charge on any atom is -0.355 e. The zero-order valence-corrected chi connectivity index (χ0v) is 15.3. The third-order valence-electron chi connectivity index (χ3n) is 4.27. The standard InChI is InChI=1S/C19H18BrN3O2/c1-12(14-8-5-9-15(20)10-14)22-23-19(25)17-16(11-21-18(17)24)13-6-3-2-4-7-13/h2-10,16-17H,11H2,1H3,(H,21,24)(H,23,25)/b22-12+/t16-,17-/m1/s1. The quantitative estimate of drug-likeness (QED) is 0.471. The summed E-state index contributed by atoms with van der Waals surface area (Å²) in [6.45, 7) is 2.26. The van der Waals surface area contributed by atoms with Gasteiger partial charge in [-0.05, 0) is 30.2 Å². The van der Waals surface area contributed by atoms with Gasteiger partial charge >= 0.3 is 0 Å². The first kappa shape index (κ1) is 17.4. The van der Waals surface area contributed by atoms with Crippen molar-refractivity contribution in [3.63, 3.8) is 0 Å². The van der Waals surface area contributed by atoms with Crippen LogP contribution in [0, 0.1) is 5.92 Å². The molecule has 1 saturated heterocycles. The van der Waals surface area contributed by atoms with Gasteiger partial charge in [0.25, 0.3) is 5.91 Å². The molecule has 0 saturated carbocycles. The summed E-state index contributed by atoms with van der Waals surface area (Å²) in [6.07, 6.45) is 0. The predicted octanol–water partition coefficient (Wildman–Crippen LogP) is 2.82. The third-order valence-corrected chi connectivity index (χ3v) is 4.76. The number of carbonyl (C=O) groups excluding carboxylic acids is 2. The van der Waals surface area contributed by atoms with E-state index >= 15 is 0 Å². The molecule has 2 aromatic carbocycles. The van der Waals surface area contributed by atoms with E-state index in [0.29, 0.717) is 12.3 Å². The molecule has 5 nitrogen and oxygen atoms in total. The van der Waals surface area contributed by atoms with Crippen molar-refractivity contribution < 1.29 is 9.59 Å². The summed E-state index contributed by atoms with van der Waals surface area (Å²) in [6, 6.07) is 17.2. The van der Waals surface area contributed by atoms with Crippen LogP contribution in [0.25, 0.3) is 0 Å². The molecule has 1 aliphatic rings. The van der Waals surface area contributed by atoms with Crippen LogP contribution >= 0.6 is 15.9 Å². The van der Waals surface area contributed by atoms with Crippen molar-refractivity contribution in [1.29, 1.82) is 0 Å². The molecule has 1 heterocycles. The molecule has 0 radical (unpaired) electrons. The van der Waals surface area contributed by atoms with Crippen LogP contribution in [0.3, 0.4) is 0 Å². The average Bonchev–Trinajstić information content (AvgIpc) is 3.02. The number of amides is 2. The Kier molecular flexibility index (Phi) is 5.28. The van der Waals surface area contributed by atoms with Crippen LogP contribution in [-0.4, -0.2) is 24.1 Å². The van der Waals surface area contributed by atoms with Gasteiger partial charge in [0, 0.05) is 16.9 Å². The van der Waals surface area contributed by atoms with Crippen LogP contribution in [0.4, 0.5) is 0 Å². The number of benzene rings is 2. The second kappa shape index (κ2) is 7.61. The van der Waals surface area contributed by atoms with Crippen LogP contribution in [0.15, 0.2) is 64.2 Å². The third kappa shape index (κ3) is 3.96. The molecule has 2 amide bonds. The molecule has 2 aromatic rings. The summed E-state index contributed by atoms with van der Waals surface area (Å²) in [5, 5.41) is 6.93. The van der Waals surface area contributed by atoms with Gasteiger partial charge in [-0.3, -0.25) is 9.59 Å². The lowest BCUT2D eigenvalue weighted by Gasteiger charge is -2.15. The highest BCUT2D eigenvalue weighted by molar-refractivity contribution is 9.10. The van der Waals surface area contributed by atoms with Crippen molar-refractivity contribution >= 4 is 33.5 Å². The Morgan fingerprint density at radius 3 is 2.68 bits per heavy atom. The minimum absolute atomic E-state index is 0.185. The lowest BCUT2D eigenvalue weighted by molar-refractivity contribution is -0.133. The molecule has 128 valence electrons. The van der Waals surface area contributed by atoms with Gasteiger partial charge in [-0.15, -0.1) is 0 Å². The van der Waals surface area contributed by atoms with E-state index in [1.165, 1.54) is 0 Å². The topological polar surface area (TPSA) is 70.6 Å².